The number of aliphatic carboxylic acids is 1. The molecule has 0 radical (unpaired) electrons. The van der Waals surface area contributed by atoms with E-state index >= 15 is 0 Å². The number of fused-ring (bicyclic) bond motifs is 3. The molecule has 5 heteroatoms. The number of hydrogen-bond acceptors (Lipinski definition) is 3. The van der Waals surface area contributed by atoms with Crippen LogP contribution in [0.5, 0.6) is 0 Å². The first-order valence-electron chi connectivity index (χ1n) is 9.46. The number of nitrogens with zero attached hydrogens (tertiary/aromatic N) is 1. The van der Waals surface area contributed by atoms with E-state index in [1.165, 1.54) is 11.9 Å². The molecule has 0 spiro atoms. The van der Waals surface area contributed by atoms with E-state index in [2.05, 4.69) is 18.7 Å². The van der Waals surface area contributed by atoms with Crippen LogP contribution >= 0.6 is 0 Å². The zero-order valence-electron chi connectivity index (χ0n) is 16.0. The van der Waals surface area contributed by atoms with Gasteiger partial charge >= 0.3 is 12.1 Å². The van der Waals surface area contributed by atoms with Crippen LogP contribution in [0.1, 0.15) is 36.3 Å². The SMILES string of the molecule is C=CCCCC(C(=O)O)N(C)C(=O)OCC1c2ccccc2-c2ccccc21. The van der Waals surface area contributed by atoms with Gasteiger partial charge in [0.25, 0.3) is 0 Å². The second kappa shape index (κ2) is 8.74. The summed E-state index contributed by atoms with van der Waals surface area (Å²) in [6, 6.07) is 15.3. The summed E-state index contributed by atoms with van der Waals surface area (Å²) in [5.41, 5.74) is 4.56. The maximum absolute atomic E-state index is 12.5. The predicted molar refractivity (Wildman–Crippen MR) is 108 cm³/mol. The molecular weight excluding hydrogens is 354 g/mol. The lowest BCUT2D eigenvalue weighted by Gasteiger charge is -2.25. The van der Waals surface area contributed by atoms with Crippen LogP contribution in [0, 0.1) is 0 Å². The zero-order valence-corrected chi connectivity index (χ0v) is 16.0. The van der Waals surface area contributed by atoms with Crippen molar-refractivity contribution in [1.29, 1.82) is 0 Å². The van der Waals surface area contributed by atoms with Crippen molar-refractivity contribution in [2.45, 2.75) is 31.2 Å². The van der Waals surface area contributed by atoms with Gasteiger partial charge in [-0.05, 0) is 41.5 Å². The lowest BCUT2D eigenvalue weighted by atomic mass is 9.98. The summed E-state index contributed by atoms with van der Waals surface area (Å²) in [6.45, 7) is 3.82. The van der Waals surface area contributed by atoms with Crippen LogP contribution in [0.15, 0.2) is 61.2 Å². The van der Waals surface area contributed by atoms with Gasteiger partial charge in [0.05, 0.1) is 0 Å². The third-order valence-corrected chi connectivity index (χ3v) is 5.26. The fraction of sp³-hybridized carbons (Fsp3) is 0.304. The number of likely N-dealkylation sites (N-methyl/N-ethyl adjacent to an activating group) is 1. The molecule has 0 heterocycles. The van der Waals surface area contributed by atoms with E-state index < -0.39 is 18.1 Å². The molecule has 2 aromatic carbocycles. The number of carbonyl (C=O) groups is 2. The number of amides is 1. The van der Waals surface area contributed by atoms with Gasteiger partial charge in [0.15, 0.2) is 0 Å². The molecule has 0 saturated heterocycles. The van der Waals surface area contributed by atoms with Crippen molar-refractivity contribution in [2.75, 3.05) is 13.7 Å². The lowest BCUT2D eigenvalue weighted by Crippen LogP contribution is -2.43. The van der Waals surface area contributed by atoms with E-state index in [0.717, 1.165) is 22.3 Å². The van der Waals surface area contributed by atoms with Crippen LogP contribution in [0.2, 0.25) is 0 Å². The maximum Gasteiger partial charge on any atom is 0.410 e. The Kier molecular flexibility index (Phi) is 6.14. The van der Waals surface area contributed by atoms with Crippen LogP contribution in [0.25, 0.3) is 11.1 Å². The molecule has 3 rings (SSSR count). The Bertz CT molecular complexity index is 831. The summed E-state index contributed by atoms with van der Waals surface area (Å²) >= 11 is 0. The molecule has 1 aliphatic carbocycles. The van der Waals surface area contributed by atoms with Crippen molar-refractivity contribution in [3.8, 4) is 11.1 Å². The van der Waals surface area contributed by atoms with Crippen molar-refractivity contribution in [3.63, 3.8) is 0 Å². The largest absolute Gasteiger partial charge is 0.480 e. The summed E-state index contributed by atoms with van der Waals surface area (Å²) in [5.74, 6) is -1.08. The van der Waals surface area contributed by atoms with Gasteiger partial charge in [0, 0.05) is 13.0 Å². The lowest BCUT2D eigenvalue weighted by molar-refractivity contribution is -0.142. The summed E-state index contributed by atoms with van der Waals surface area (Å²) in [5, 5.41) is 9.46. The molecule has 5 nitrogen and oxygen atoms in total. The van der Waals surface area contributed by atoms with Gasteiger partial charge in [-0.3, -0.25) is 4.90 Å². The zero-order chi connectivity index (χ0) is 20.1. The molecule has 2 aromatic rings. The van der Waals surface area contributed by atoms with E-state index in [0.29, 0.717) is 19.3 Å². The average molecular weight is 379 g/mol. The molecule has 0 aliphatic heterocycles. The Morgan fingerprint density at radius 3 is 2.25 bits per heavy atom. The fourth-order valence-electron chi connectivity index (χ4n) is 3.76. The monoisotopic (exact) mass is 379 g/mol. The molecule has 146 valence electrons. The third kappa shape index (κ3) is 3.93. The first-order valence-corrected chi connectivity index (χ1v) is 9.46. The topological polar surface area (TPSA) is 66.8 Å². The van der Waals surface area contributed by atoms with Crippen molar-refractivity contribution >= 4 is 12.1 Å². The van der Waals surface area contributed by atoms with Crippen LogP contribution in [0.4, 0.5) is 4.79 Å². The number of allylic oxidation sites excluding steroid dienone is 1. The van der Waals surface area contributed by atoms with Crippen LogP contribution in [0.3, 0.4) is 0 Å². The molecule has 0 fully saturated rings. The van der Waals surface area contributed by atoms with Gasteiger partial charge in [-0.25, -0.2) is 9.59 Å². The Morgan fingerprint density at radius 2 is 1.71 bits per heavy atom. The minimum Gasteiger partial charge on any atom is -0.480 e. The van der Waals surface area contributed by atoms with Crippen molar-refractivity contribution in [2.24, 2.45) is 0 Å². The van der Waals surface area contributed by atoms with E-state index in [4.69, 9.17) is 4.74 Å². The second-order valence-corrected chi connectivity index (χ2v) is 6.99. The molecule has 1 amide bonds. The fourth-order valence-corrected chi connectivity index (χ4v) is 3.76. The average Bonchev–Trinajstić information content (AvgIpc) is 3.02. The molecule has 1 atom stereocenters. The normalized spacial score (nSPS) is 13.3. The first kappa shape index (κ1) is 19.7. The molecule has 1 N–H and O–H groups in total. The Labute approximate surface area is 165 Å². The number of benzene rings is 2. The van der Waals surface area contributed by atoms with E-state index in [1.807, 2.05) is 36.4 Å². The highest BCUT2D eigenvalue weighted by Gasteiger charge is 2.31. The maximum atomic E-state index is 12.5. The Morgan fingerprint density at radius 1 is 1.14 bits per heavy atom. The molecule has 0 saturated carbocycles. The molecule has 1 unspecified atom stereocenters. The number of hydrogen-bond donors (Lipinski definition) is 1. The molecule has 1 aliphatic rings. The van der Waals surface area contributed by atoms with E-state index in [-0.39, 0.29) is 12.5 Å². The quantitative estimate of drug-likeness (QED) is 0.534. The summed E-state index contributed by atoms with van der Waals surface area (Å²) in [4.78, 5) is 25.3. The number of ether oxygens (including phenoxy) is 1. The van der Waals surface area contributed by atoms with Gasteiger partial charge in [0.1, 0.15) is 12.6 Å². The molecule has 0 bridgehead atoms. The van der Waals surface area contributed by atoms with Crippen LogP contribution in [-0.4, -0.2) is 41.8 Å². The number of rotatable bonds is 8. The molecule has 28 heavy (non-hydrogen) atoms. The van der Waals surface area contributed by atoms with Gasteiger partial charge in [-0.15, -0.1) is 6.58 Å². The number of carboxylic acid groups (broad SMARTS) is 1. The Balaban J connectivity index is 1.70. The van der Waals surface area contributed by atoms with Crippen molar-refractivity contribution in [3.05, 3.63) is 72.3 Å². The van der Waals surface area contributed by atoms with E-state index in [1.54, 1.807) is 6.08 Å². The number of carboxylic acids is 1. The highest BCUT2D eigenvalue weighted by Crippen LogP contribution is 2.44. The minimum atomic E-state index is -1.03. The van der Waals surface area contributed by atoms with Gasteiger partial charge in [-0.1, -0.05) is 54.6 Å². The second-order valence-electron chi connectivity index (χ2n) is 6.99. The van der Waals surface area contributed by atoms with E-state index in [9.17, 15) is 14.7 Å². The van der Waals surface area contributed by atoms with Gasteiger partial charge < -0.3 is 9.84 Å². The standard InChI is InChI=1S/C23H25NO4/c1-3-4-5-14-21(22(25)26)24(2)23(27)28-15-20-18-12-8-6-10-16(18)17-11-7-9-13-19(17)20/h3,6-13,20-21H,1,4-5,14-15H2,2H3,(H,25,26). The summed E-state index contributed by atoms with van der Waals surface area (Å²) in [6.07, 6.45) is 2.85. The van der Waals surface area contributed by atoms with Crippen molar-refractivity contribution < 1.29 is 19.4 Å². The van der Waals surface area contributed by atoms with Crippen LogP contribution < -0.4 is 0 Å². The predicted octanol–water partition coefficient (Wildman–Crippen LogP) is 4.68. The van der Waals surface area contributed by atoms with Crippen LogP contribution in [-0.2, 0) is 9.53 Å². The highest BCUT2D eigenvalue weighted by atomic mass is 16.6. The molecular formula is C23H25NO4. The van der Waals surface area contributed by atoms with Gasteiger partial charge in [0.2, 0.25) is 0 Å². The van der Waals surface area contributed by atoms with Crippen molar-refractivity contribution in [1.82, 2.24) is 4.90 Å². The number of carbonyl (C=O) groups excluding carboxylic acids is 1. The summed E-state index contributed by atoms with van der Waals surface area (Å²) < 4.78 is 5.54. The third-order valence-electron chi connectivity index (χ3n) is 5.26. The molecule has 0 aromatic heterocycles. The minimum absolute atomic E-state index is 0.0474. The van der Waals surface area contributed by atoms with Gasteiger partial charge in [-0.2, -0.15) is 0 Å². The highest BCUT2D eigenvalue weighted by molar-refractivity contribution is 5.81. The summed E-state index contributed by atoms with van der Waals surface area (Å²) in [7, 11) is 1.48. The Hall–Kier alpha value is -3.08. The smallest absolute Gasteiger partial charge is 0.410 e. The number of unbranched alkanes of at least 4 members (excludes halogenated alkanes) is 1. The first-order chi connectivity index (χ1) is 13.5.